The van der Waals surface area contributed by atoms with Gasteiger partial charge in [-0.1, -0.05) is 13.8 Å². The molecule has 0 aliphatic heterocycles. The van der Waals surface area contributed by atoms with Crippen molar-refractivity contribution in [2.24, 2.45) is 5.41 Å². The summed E-state index contributed by atoms with van der Waals surface area (Å²) in [5, 5.41) is 0.490. The van der Waals surface area contributed by atoms with Crippen molar-refractivity contribution in [3.63, 3.8) is 0 Å². The first-order valence-corrected chi connectivity index (χ1v) is 5.90. The van der Waals surface area contributed by atoms with Gasteiger partial charge in [-0.05, 0) is 17.9 Å². The molecule has 0 spiro atoms. The van der Waals surface area contributed by atoms with Gasteiger partial charge in [0.1, 0.15) is 0 Å². The molecule has 1 aromatic heterocycles. The number of H-pyrrole nitrogens is 1. The van der Waals surface area contributed by atoms with E-state index in [2.05, 4.69) is 4.98 Å². The molecule has 0 atom stereocenters. The number of rotatable bonds is 0. The molecule has 1 aromatic carbocycles. The number of hydrogen-bond donors (Lipinski definition) is 1. The molecule has 1 aliphatic rings. The number of benzene rings is 1. The highest BCUT2D eigenvalue weighted by Crippen LogP contribution is 2.38. The number of fused-ring (bicyclic) bond motifs is 3. The fraction of sp³-hybridized carbons (Fsp3) is 0.357. The lowest BCUT2D eigenvalue weighted by molar-refractivity contribution is 0.0913. The SMILES string of the molecule is CC1(C)CC(=O)c2c([nH]c3cc(F)c(F)cc23)C1. The Morgan fingerprint density at radius 2 is 1.83 bits per heavy atom. The molecule has 2 nitrogen and oxygen atoms in total. The fourth-order valence-electron chi connectivity index (χ4n) is 2.76. The van der Waals surface area contributed by atoms with Gasteiger partial charge in [0.2, 0.25) is 0 Å². The van der Waals surface area contributed by atoms with Crippen molar-refractivity contribution < 1.29 is 13.6 Å². The van der Waals surface area contributed by atoms with Gasteiger partial charge in [-0.3, -0.25) is 4.79 Å². The Labute approximate surface area is 103 Å². The van der Waals surface area contributed by atoms with Gasteiger partial charge in [-0.15, -0.1) is 0 Å². The first kappa shape index (κ1) is 11.4. The number of aromatic nitrogens is 1. The number of hydrogen-bond acceptors (Lipinski definition) is 1. The van der Waals surface area contributed by atoms with E-state index in [0.29, 0.717) is 29.3 Å². The zero-order valence-electron chi connectivity index (χ0n) is 10.2. The van der Waals surface area contributed by atoms with Crippen molar-refractivity contribution >= 4 is 16.7 Å². The minimum absolute atomic E-state index is 0.00138. The monoisotopic (exact) mass is 249 g/mol. The average Bonchev–Trinajstić information content (AvgIpc) is 2.54. The molecular formula is C14H13F2NO. The summed E-state index contributed by atoms with van der Waals surface area (Å²) in [6, 6.07) is 2.22. The highest BCUT2D eigenvalue weighted by atomic mass is 19.2. The summed E-state index contributed by atoms with van der Waals surface area (Å²) >= 11 is 0. The number of aromatic amines is 1. The van der Waals surface area contributed by atoms with E-state index in [1.807, 2.05) is 13.8 Å². The molecule has 0 amide bonds. The zero-order valence-corrected chi connectivity index (χ0v) is 10.2. The zero-order chi connectivity index (χ0) is 13.1. The van der Waals surface area contributed by atoms with Gasteiger partial charge < -0.3 is 4.98 Å². The molecule has 0 fully saturated rings. The van der Waals surface area contributed by atoms with Crippen molar-refractivity contribution in [1.82, 2.24) is 4.98 Å². The van der Waals surface area contributed by atoms with Crippen LogP contribution in [0, 0.1) is 17.0 Å². The topological polar surface area (TPSA) is 32.9 Å². The van der Waals surface area contributed by atoms with E-state index in [9.17, 15) is 13.6 Å². The van der Waals surface area contributed by atoms with Crippen LogP contribution in [0.15, 0.2) is 12.1 Å². The van der Waals surface area contributed by atoms with Gasteiger partial charge in [0.15, 0.2) is 17.4 Å². The molecule has 2 aromatic rings. The minimum atomic E-state index is -0.915. The number of Topliss-reactive ketones (excluding diaryl/α,β-unsaturated/α-hetero) is 1. The number of halogens is 2. The normalized spacial score (nSPS) is 18.1. The van der Waals surface area contributed by atoms with Gasteiger partial charge in [-0.2, -0.15) is 0 Å². The molecule has 0 saturated carbocycles. The maximum atomic E-state index is 13.3. The van der Waals surface area contributed by atoms with Crippen LogP contribution in [-0.2, 0) is 6.42 Å². The van der Waals surface area contributed by atoms with Crippen LogP contribution in [0.3, 0.4) is 0 Å². The molecule has 3 rings (SSSR count). The van der Waals surface area contributed by atoms with Crippen LogP contribution < -0.4 is 0 Å². The second-order valence-electron chi connectivity index (χ2n) is 5.73. The van der Waals surface area contributed by atoms with E-state index in [0.717, 1.165) is 17.8 Å². The molecule has 0 radical (unpaired) electrons. The molecule has 1 N–H and O–H groups in total. The van der Waals surface area contributed by atoms with Crippen LogP contribution >= 0.6 is 0 Å². The lowest BCUT2D eigenvalue weighted by Crippen LogP contribution is -2.26. The van der Waals surface area contributed by atoms with Crippen LogP contribution in [0.1, 0.15) is 36.3 Å². The Hall–Kier alpha value is -1.71. The molecule has 0 unspecified atom stereocenters. The van der Waals surface area contributed by atoms with E-state index in [1.165, 1.54) is 0 Å². The van der Waals surface area contributed by atoms with E-state index in [4.69, 9.17) is 0 Å². The second-order valence-corrected chi connectivity index (χ2v) is 5.73. The summed E-state index contributed by atoms with van der Waals surface area (Å²) in [5.74, 6) is -1.81. The smallest absolute Gasteiger partial charge is 0.165 e. The molecule has 94 valence electrons. The number of carbonyl (C=O) groups is 1. The van der Waals surface area contributed by atoms with Gasteiger partial charge in [0.05, 0.1) is 0 Å². The molecule has 1 aliphatic carbocycles. The standard InChI is InChI=1S/C14H13F2NO/c1-14(2)5-11-13(12(18)6-14)7-3-8(15)9(16)4-10(7)17-11/h3-4,17H,5-6H2,1-2H3. The quantitative estimate of drug-likeness (QED) is 0.760. The van der Waals surface area contributed by atoms with E-state index < -0.39 is 11.6 Å². The summed E-state index contributed by atoms with van der Waals surface area (Å²) in [5.41, 5.74) is 1.70. The summed E-state index contributed by atoms with van der Waals surface area (Å²) in [7, 11) is 0. The summed E-state index contributed by atoms with van der Waals surface area (Å²) in [6.45, 7) is 4.03. The summed E-state index contributed by atoms with van der Waals surface area (Å²) in [4.78, 5) is 15.2. The Bertz CT molecular complexity index is 670. The molecule has 0 saturated heterocycles. The van der Waals surface area contributed by atoms with Gasteiger partial charge in [0.25, 0.3) is 0 Å². The first-order valence-electron chi connectivity index (χ1n) is 5.90. The Morgan fingerprint density at radius 3 is 2.56 bits per heavy atom. The molecule has 1 heterocycles. The number of carbonyl (C=O) groups excluding carboxylic acids is 1. The maximum Gasteiger partial charge on any atom is 0.165 e. The number of nitrogens with one attached hydrogen (secondary N) is 1. The third-order valence-electron chi connectivity index (χ3n) is 3.49. The van der Waals surface area contributed by atoms with Crippen molar-refractivity contribution in [2.75, 3.05) is 0 Å². The van der Waals surface area contributed by atoms with Crippen molar-refractivity contribution in [1.29, 1.82) is 0 Å². The first-order chi connectivity index (χ1) is 8.37. The average molecular weight is 249 g/mol. The lowest BCUT2D eigenvalue weighted by Gasteiger charge is -2.28. The highest BCUT2D eigenvalue weighted by Gasteiger charge is 2.33. The van der Waals surface area contributed by atoms with Crippen LogP contribution in [0.4, 0.5) is 8.78 Å². The maximum absolute atomic E-state index is 13.3. The van der Waals surface area contributed by atoms with Crippen LogP contribution in [0.5, 0.6) is 0 Å². The molecule has 18 heavy (non-hydrogen) atoms. The predicted molar refractivity (Wildman–Crippen MR) is 64.6 cm³/mol. The van der Waals surface area contributed by atoms with Gasteiger partial charge in [-0.25, -0.2) is 8.78 Å². The third-order valence-corrected chi connectivity index (χ3v) is 3.49. The van der Waals surface area contributed by atoms with Crippen LogP contribution in [0.25, 0.3) is 10.9 Å². The fourth-order valence-corrected chi connectivity index (χ4v) is 2.76. The molecule has 4 heteroatoms. The Morgan fingerprint density at radius 1 is 1.17 bits per heavy atom. The van der Waals surface area contributed by atoms with Gasteiger partial charge in [0, 0.05) is 34.6 Å². The third kappa shape index (κ3) is 1.55. The molecular weight excluding hydrogens is 236 g/mol. The largest absolute Gasteiger partial charge is 0.358 e. The Balaban J connectivity index is 2.30. The molecule has 0 bridgehead atoms. The second kappa shape index (κ2) is 3.40. The predicted octanol–water partition coefficient (Wildman–Crippen LogP) is 3.60. The van der Waals surface area contributed by atoms with Crippen molar-refractivity contribution in [3.8, 4) is 0 Å². The van der Waals surface area contributed by atoms with Crippen LogP contribution in [-0.4, -0.2) is 10.8 Å². The Kier molecular flexibility index (Phi) is 2.15. The number of ketones is 1. The van der Waals surface area contributed by atoms with Crippen LogP contribution in [0.2, 0.25) is 0 Å². The van der Waals surface area contributed by atoms with Crippen molar-refractivity contribution in [3.05, 3.63) is 35.0 Å². The van der Waals surface area contributed by atoms with Gasteiger partial charge >= 0.3 is 0 Å². The van der Waals surface area contributed by atoms with E-state index >= 15 is 0 Å². The summed E-state index contributed by atoms with van der Waals surface area (Å²) in [6.07, 6.45) is 1.15. The summed E-state index contributed by atoms with van der Waals surface area (Å²) < 4.78 is 26.5. The minimum Gasteiger partial charge on any atom is -0.358 e. The van der Waals surface area contributed by atoms with E-state index in [1.54, 1.807) is 0 Å². The van der Waals surface area contributed by atoms with Crippen molar-refractivity contribution in [2.45, 2.75) is 26.7 Å². The lowest BCUT2D eigenvalue weighted by atomic mass is 9.76. The van der Waals surface area contributed by atoms with E-state index in [-0.39, 0.29) is 11.2 Å². The highest BCUT2D eigenvalue weighted by molar-refractivity contribution is 6.10.